The van der Waals surface area contributed by atoms with Crippen LogP contribution >= 0.6 is 0 Å². The quantitative estimate of drug-likeness (QED) is 0.860. The van der Waals surface area contributed by atoms with E-state index >= 15 is 0 Å². The molecule has 0 atom stereocenters. The zero-order chi connectivity index (χ0) is 15.5. The molecule has 2 aromatic heterocycles. The molecule has 0 spiro atoms. The Bertz CT molecular complexity index is 587. The maximum absolute atomic E-state index is 12.4. The van der Waals surface area contributed by atoms with Crippen molar-refractivity contribution in [2.45, 2.75) is 33.0 Å². The normalized spacial score (nSPS) is 11.7. The van der Waals surface area contributed by atoms with E-state index in [1.165, 1.54) is 6.07 Å². The summed E-state index contributed by atoms with van der Waals surface area (Å²) >= 11 is 0. The van der Waals surface area contributed by atoms with Crippen LogP contribution in [0.4, 0.5) is 19.0 Å². The van der Waals surface area contributed by atoms with Crippen LogP contribution < -0.4 is 5.32 Å². The van der Waals surface area contributed by atoms with Crippen LogP contribution in [0.25, 0.3) is 0 Å². The lowest BCUT2D eigenvalue weighted by Crippen LogP contribution is -2.10. The fraction of sp³-hybridized carbons (Fsp3) is 0.429. The van der Waals surface area contributed by atoms with E-state index in [1.54, 1.807) is 0 Å². The van der Waals surface area contributed by atoms with E-state index in [1.807, 2.05) is 24.6 Å². The molecule has 0 bridgehead atoms. The molecule has 4 nitrogen and oxygen atoms in total. The first-order chi connectivity index (χ1) is 9.86. The summed E-state index contributed by atoms with van der Waals surface area (Å²) < 4.78 is 39.1. The van der Waals surface area contributed by atoms with Crippen molar-refractivity contribution in [3.05, 3.63) is 41.3 Å². The largest absolute Gasteiger partial charge is 0.417 e. The Balaban J connectivity index is 1.80. The number of halogens is 3. The van der Waals surface area contributed by atoms with Crippen LogP contribution in [-0.4, -0.2) is 21.3 Å². The maximum atomic E-state index is 12.4. The molecule has 0 aliphatic rings. The van der Waals surface area contributed by atoms with Gasteiger partial charge in [0.25, 0.3) is 0 Å². The van der Waals surface area contributed by atoms with Gasteiger partial charge in [0.15, 0.2) is 0 Å². The summed E-state index contributed by atoms with van der Waals surface area (Å²) in [6, 6.07) is 4.37. The number of pyridine rings is 1. The lowest BCUT2D eigenvalue weighted by atomic mass is 10.3. The maximum Gasteiger partial charge on any atom is 0.417 e. The second-order valence-electron chi connectivity index (χ2n) is 4.86. The van der Waals surface area contributed by atoms with Crippen LogP contribution in [0.1, 0.15) is 23.4 Å². The third-order valence-corrected chi connectivity index (χ3v) is 3.05. The number of aryl methyl sites for hydroxylation is 3. The van der Waals surface area contributed by atoms with E-state index < -0.39 is 11.7 Å². The Morgan fingerprint density at radius 1 is 1.24 bits per heavy atom. The summed E-state index contributed by atoms with van der Waals surface area (Å²) in [5.41, 5.74) is 1.33. The number of aromatic nitrogens is 3. The van der Waals surface area contributed by atoms with Gasteiger partial charge in [-0.25, -0.2) is 4.98 Å². The number of hydrogen-bond donors (Lipinski definition) is 1. The zero-order valence-corrected chi connectivity index (χ0v) is 11.9. The molecule has 21 heavy (non-hydrogen) atoms. The lowest BCUT2D eigenvalue weighted by Gasteiger charge is -2.09. The molecule has 0 aromatic carbocycles. The van der Waals surface area contributed by atoms with Gasteiger partial charge in [0.2, 0.25) is 0 Å². The number of rotatable bonds is 5. The molecule has 114 valence electrons. The molecule has 0 saturated heterocycles. The summed E-state index contributed by atoms with van der Waals surface area (Å²) in [5, 5.41) is 7.34. The first-order valence-corrected chi connectivity index (χ1v) is 6.64. The zero-order valence-electron chi connectivity index (χ0n) is 11.9. The first-order valence-electron chi connectivity index (χ1n) is 6.64. The van der Waals surface area contributed by atoms with Crippen molar-refractivity contribution < 1.29 is 13.2 Å². The van der Waals surface area contributed by atoms with E-state index in [0.29, 0.717) is 12.4 Å². The smallest absolute Gasteiger partial charge is 0.370 e. The third kappa shape index (κ3) is 4.21. The van der Waals surface area contributed by atoms with Crippen LogP contribution in [0, 0.1) is 13.8 Å². The van der Waals surface area contributed by atoms with Crippen LogP contribution in [0.2, 0.25) is 0 Å². The number of nitrogens with zero attached hydrogens (tertiary/aromatic N) is 3. The van der Waals surface area contributed by atoms with Gasteiger partial charge < -0.3 is 5.32 Å². The third-order valence-electron chi connectivity index (χ3n) is 3.05. The molecule has 7 heteroatoms. The molecule has 2 heterocycles. The summed E-state index contributed by atoms with van der Waals surface area (Å²) in [6.07, 6.45) is -2.70. The molecule has 0 radical (unpaired) electrons. The number of alkyl halides is 3. The van der Waals surface area contributed by atoms with Crippen molar-refractivity contribution in [1.82, 2.24) is 14.8 Å². The van der Waals surface area contributed by atoms with Crippen LogP contribution in [-0.2, 0) is 12.7 Å². The first kappa shape index (κ1) is 15.3. The van der Waals surface area contributed by atoms with Crippen molar-refractivity contribution in [3.8, 4) is 0 Å². The Labute approximate surface area is 121 Å². The van der Waals surface area contributed by atoms with Crippen molar-refractivity contribution in [3.63, 3.8) is 0 Å². The molecular formula is C14H17F3N4. The van der Waals surface area contributed by atoms with Gasteiger partial charge in [0.1, 0.15) is 5.82 Å². The van der Waals surface area contributed by atoms with Crippen molar-refractivity contribution in [2.24, 2.45) is 0 Å². The van der Waals surface area contributed by atoms with E-state index in [4.69, 9.17) is 0 Å². The van der Waals surface area contributed by atoms with Crippen molar-refractivity contribution in [1.29, 1.82) is 0 Å². The van der Waals surface area contributed by atoms with E-state index in [0.717, 1.165) is 36.6 Å². The molecule has 0 fully saturated rings. The highest BCUT2D eigenvalue weighted by atomic mass is 19.4. The highest BCUT2D eigenvalue weighted by Crippen LogP contribution is 2.28. The minimum atomic E-state index is -4.35. The average Bonchev–Trinajstić information content (AvgIpc) is 2.73. The molecule has 1 N–H and O–H groups in total. The second kappa shape index (κ2) is 6.15. The Hall–Kier alpha value is -2.05. The van der Waals surface area contributed by atoms with Crippen LogP contribution in [0.5, 0.6) is 0 Å². The van der Waals surface area contributed by atoms with Gasteiger partial charge in [-0.15, -0.1) is 0 Å². The minimum Gasteiger partial charge on any atom is -0.370 e. The standard InChI is InChI=1S/C14H17F3N4/c1-10-8-11(2)21(20-10)7-3-6-18-13-5-4-12(9-19-13)14(15,16)17/h4-5,8-9H,3,6-7H2,1-2H3,(H,18,19). The predicted octanol–water partition coefficient (Wildman–Crippen LogP) is 3.42. The molecular weight excluding hydrogens is 281 g/mol. The fourth-order valence-electron chi connectivity index (χ4n) is 2.01. The molecule has 2 aromatic rings. The minimum absolute atomic E-state index is 0.441. The van der Waals surface area contributed by atoms with Crippen LogP contribution in [0.15, 0.2) is 24.4 Å². The lowest BCUT2D eigenvalue weighted by molar-refractivity contribution is -0.137. The number of hydrogen-bond acceptors (Lipinski definition) is 3. The molecule has 0 amide bonds. The SMILES string of the molecule is Cc1cc(C)n(CCCNc2ccc(C(F)(F)F)cn2)n1. The van der Waals surface area contributed by atoms with E-state index in [2.05, 4.69) is 15.4 Å². The van der Waals surface area contributed by atoms with Gasteiger partial charge in [0.05, 0.1) is 11.3 Å². The summed E-state index contributed by atoms with van der Waals surface area (Å²) in [5.74, 6) is 0.441. The van der Waals surface area contributed by atoms with E-state index in [-0.39, 0.29) is 0 Å². The highest BCUT2D eigenvalue weighted by Gasteiger charge is 2.30. The monoisotopic (exact) mass is 298 g/mol. The van der Waals surface area contributed by atoms with Gasteiger partial charge in [-0.1, -0.05) is 0 Å². The Kier molecular flexibility index (Phi) is 4.50. The fourth-order valence-corrected chi connectivity index (χ4v) is 2.01. The summed E-state index contributed by atoms with van der Waals surface area (Å²) in [7, 11) is 0. The van der Waals surface area contributed by atoms with Crippen molar-refractivity contribution >= 4 is 5.82 Å². The summed E-state index contributed by atoms with van der Waals surface area (Å²) in [6.45, 7) is 5.31. The van der Waals surface area contributed by atoms with Gasteiger partial charge in [0, 0.05) is 25.0 Å². The molecule has 2 rings (SSSR count). The molecule has 0 saturated carbocycles. The average molecular weight is 298 g/mol. The Morgan fingerprint density at radius 3 is 2.52 bits per heavy atom. The highest BCUT2D eigenvalue weighted by molar-refractivity contribution is 5.35. The predicted molar refractivity (Wildman–Crippen MR) is 74.0 cm³/mol. The van der Waals surface area contributed by atoms with E-state index in [9.17, 15) is 13.2 Å². The number of anilines is 1. The number of nitrogens with one attached hydrogen (secondary N) is 1. The van der Waals surface area contributed by atoms with Gasteiger partial charge in [-0.2, -0.15) is 18.3 Å². The Morgan fingerprint density at radius 2 is 2.00 bits per heavy atom. The molecule has 0 aliphatic carbocycles. The van der Waals surface area contributed by atoms with Gasteiger partial charge in [-0.3, -0.25) is 4.68 Å². The topological polar surface area (TPSA) is 42.7 Å². The summed E-state index contributed by atoms with van der Waals surface area (Å²) in [4.78, 5) is 3.76. The second-order valence-corrected chi connectivity index (χ2v) is 4.86. The molecule has 0 unspecified atom stereocenters. The van der Waals surface area contributed by atoms with Gasteiger partial charge >= 0.3 is 6.18 Å². The molecule has 0 aliphatic heterocycles. The van der Waals surface area contributed by atoms with Crippen LogP contribution in [0.3, 0.4) is 0 Å². The van der Waals surface area contributed by atoms with Gasteiger partial charge in [-0.05, 0) is 38.5 Å². The van der Waals surface area contributed by atoms with Crippen molar-refractivity contribution in [2.75, 3.05) is 11.9 Å².